The van der Waals surface area contributed by atoms with Gasteiger partial charge in [-0.25, -0.2) is 22.7 Å². The summed E-state index contributed by atoms with van der Waals surface area (Å²) in [7, 11) is -4.07. The molecular weight excluding hydrogens is 462 g/mol. The van der Waals surface area contributed by atoms with E-state index >= 15 is 0 Å². The molecule has 172 valence electrons. The van der Waals surface area contributed by atoms with Crippen molar-refractivity contribution in [3.05, 3.63) is 85.3 Å². The maximum Gasteiger partial charge on any atom is 0.300 e. The summed E-state index contributed by atoms with van der Waals surface area (Å²) < 4.78 is 29.1. The summed E-state index contributed by atoms with van der Waals surface area (Å²) in [4.78, 5) is 23.9. The number of aromatic nitrogens is 3. The van der Waals surface area contributed by atoms with Crippen molar-refractivity contribution in [2.75, 3.05) is 9.62 Å². The molecule has 2 N–H and O–H groups in total. The van der Waals surface area contributed by atoms with Gasteiger partial charge in [-0.1, -0.05) is 24.1 Å². The Morgan fingerprint density at radius 3 is 2.63 bits per heavy atom. The monoisotopic (exact) mass is 481 g/mol. The number of carbonyl (C=O) groups excluding carboxylic acids is 1. The number of sulfonamides is 1. The van der Waals surface area contributed by atoms with Crippen molar-refractivity contribution < 1.29 is 13.2 Å². The van der Waals surface area contributed by atoms with Crippen LogP contribution in [-0.4, -0.2) is 29.3 Å². The molecule has 35 heavy (non-hydrogen) atoms. The number of carbonyl (C=O) groups is 1. The first kappa shape index (κ1) is 22.1. The Hall–Kier alpha value is -4.68. The zero-order valence-electron chi connectivity index (χ0n) is 18.6. The highest BCUT2D eigenvalue weighted by Gasteiger charge is 2.29. The largest absolute Gasteiger partial charge is 0.361 e. The molecule has 0 saturated carbocycles. The Bertz CT molecular complexity index is 1740. The molecule has 0 aliphatic carbocycles. The van der Waals surface area contributed by atoms with Gasteiger partial charge in [-0.3, -0.25) is 4.79 Å². The number of anilines is 3. The van der Waals surface area contributed by atoms with Crippen molar-refractivity contribution in [1.29, 1.82) is 0 Å². The molecule has 5 rings (SSSR count). The minimum absolute atomic E-state index is 0.114. The quantitative estimate of drug-likeness (QED) is 0.357. The standard InChI is InChI=1S/C26H19N5O3S/c1-2-6-25(32)30-19-9-11-24-22(16-19)26(29-17-28-24)31(35(33,34)21-7-4-3-5-8-21)20-10-12-23-18(15-20)13-14-27-23/h3-5,7-17,27H,1H3,(H,30,32). The fraction of sp³-hybridized carbons (Fsp3) is 0.0385. The molecule has 0 fully saturated rings. The number of benzene rings is 3. The van der Waals surface area contributed by atoms with Gasteiger partial charge >= 0.3 is 0 Å². The molecule has 2 aromatic heterocycles. The smallest absolute Gasteiger partial charge is 0.300 e. The predicted molar refractivity (Wildman–Crippen MR) is 136 cm³/mol. The molecule has 0 bridgehead atoms. The fourth-order valence-electron chi connectivity index (χ4n) is 3.80. The van der Waals surface area contributed by atoms with Gasteiger partial charge in [0.2, 0.25) is 0 Å². The van der Waals surface area contributed by atoms with Crippen molar-refractivity contribution in [2.45, 2.75) is 11.8 Å². The third-order valence-electron chi connectivity index (χ3n) is 5.36. The molecule has 0 atom stereocenters. The summed E-state index contributed by atoms with van der Waals surface area (Å²) in [6.45, 7) is 1.57. The summed E-state index contributed by atoms with van der Waals surface area (Å²) in [5, 5.41) is 3.99. The lowest BCUT2D eigenvalue weighted by Gasteiger charge is -2.25. The normalized spacial score (nSPS) is 11.1. The second kappa shape index (κ2) is 8.93. The number of aromatic amines is 1. The Balaban J connectivity index is 1.75. The van der Waals surface area contributed by atoms with Crippen LogP contribution in [0.3, 0.4) is 0 Å². The predicted octanol–water partition coefficient (Wildman–Crippen LogP) is 4.60. The number of hydrogen-bond acceptors (Lipinski definition) is 5. The average molecular weight is 482 g/mol. The van der Waals surface area contributed by atoms with Gasteiger partial charge in [0.05, 0.1) is 16.1 Å². The summed E-state index contributed by atoms with van der Waals surface area (Å²) >= 11 is 0. The lowest BCUT2D eigenvalue weighted by Crippen LogP contribution is -2.27. The van der Waals surface area contributed by atoms with Crippen LogP contribution in [0.5, 0.6) is 0 Å². The number of amides is 1. The second-order valence-electron chi connectivity index (χ2n) is 7.59. The SMILES string of the molecule is CC#CC(=O)Nc1ccc2ncnc(N(c3ccc4[nH]ccc4c3)S(=O)(=O)c3ccccc3)c2c1. The van der Waals surface area contributed by atoms with E-state index in [0.717, 1.165) is 10.9 Å². The molecule has 0 unspecified atom stereocenters. The highest BCUT2D eigenvalue weighted by atomic mass is 32.2. The van der Waals surface area contributed by atoms with Crippen LogP contribution in [0.25, 0.3) is 21.8 Å². The van der Waals surface area contributed by atoms with Gasteiger partial charge in [-0.05, 0) is 67.4 Å². The molecule has 0 saturated heterocycles. The van der Waals surface area contributed by atoms with Crippen LogP contribution in [-0.2, 0) is 14.8 Å². The van der Waals surface area contributed by atoms with E-state index < -0.39 is 15.9 Å². The highest BCUT2D eigenvalue weighted by molar-refractivity contribution is 7.93. The molecule has 1 amide bonds. The van der Waals surface area contributed by atoms with Crippen LogP contribution >= 0.6 is 0 Å². The van der Waals surface area contributed by atoms with Gasteiger partial charge in [0.1, 0.15) is 6.33 Å². The van der Waals surface area contributed by atoms with Crippen molar-refractivity contribution in [2.24, 2.45) is 0 Å². The van der Waals surface area contributed by atoms with Crippen molar-refractivity contribution >= 4 is 54.9 Å². The van der Waals surface area contributed by atoms with E-state index in [9.17, 15) is 13.2 Å². The topological polar surface area (TPSA) is 108 Å². The number of H-pyrrole nitrogens is 1. The molecule has 2 heterocycles. The van der Waals surface area contributed by atoms with Crippen molar-refractivity contribution in [1.82, 2.24) is 15.0 Å². The molecule has 9 heteroatoms. The van der Waals surface area contributed by atoms with Gasteiger partial charge in [-0.2, -0.15) is 0 Å². The van der Waals surface area contributed by atoms with Crippen LogP contribution in [0, 0.1) is 11.8 Å². The van der Waals surface area contributed by atoms with Crippen LogP contribution in [0.2, 0.25) is 0 Å². The number of hydrogen-bond donors (Lipinski definition) is 2. The van der Waals surface area contributed by atoms with E-state index in [-0.39, 0.29) is 10.7 Å². The van der Waals surface area contributed by atoms with E-state index in [4.69, 9.17) is 0 Å². The number of rotatable bonds is 5. The van der Waals surface area contributed by atoms with Crippen LogP contribution < -0.4 is 9.62 Å². The van der Waals surface area contributed by atoms with Crippen molar-refractivity contribution in [3.63, 3.8) is 0 Å². The maximum absolute atomic E-state index is 14.0. The molecular formula is C26H19N5O3S. The summed E-state index contributed by atoms with van der Waals surface area (Å²) in [5.41, 5.74) is 2.25. The zero-order chi connectivity index (χ0) is 24.4. The number of fused-ring (bicyclic) bond motifs is 2. The first-order chi connectivity index (χ1) is 17.0. The molecule has 0 spiro atoms. The van der Waals surface area contributed by atoms with Crippen molar-refractivity contribution in [3.8, 4) is 11.8 Å². The molecule has 0 radical (unpaired) electrons. The van der Waals surface area contributed by atoms with Gasteiger partial charge in [0.15, 0.2) is 5.82 Å². The van der Waals surface area contributed by atoms with Gasteiger partial charge in [-0.15, -0.1) is 0 Å². The minimum atomic E-state index is -4.07. The van der Waals surface area contributed by atoms with Crippen LogP contribution in [0.1, 0.15) is 6.92 Å². The average Bonchev–Trinajstić information content (AvgIpc) is 3.33. The number of nitrogens with zero attached hydrogens (tertiary/aromatic N) is 3. The van der Waals surface area contributed by atoms with Crippen LogP contribution in [0.4, 0.5) is 17.2 Å². The second-order valence-corrected chi connectivity index (χ2v) is 9.38. The molecule has 8 nitrogen and oxygen atoms in total. The lowest BCUT2D eigenvalue weighted by molar-refractivity contribution is -0.111. The van der Waals surface area contributed by atoms with E-state index in [1.54, 1.807) is 61.7 Å². The molecule has 0 aliphatic heterocycles. The van der Waals surface area contributed by atoms with E-state index in [0.29, 0.717) is 22.3 Å². The minimum Gasteiger partial charge on any atom is -0.361 e. The van der Waals surface area contributed by atoms with E-state index in [1.807, 2.05) is 12.1 Å². The van der Waals surface area contributed by atoms with E-state index in [2.05, 4.69) is 32.1 Å². The Kier molecular flexibility index (Phi) is 5.65. The Morgan fingerprint density at radius 2 is 1.83 bits per heavy atom. The van der Waals surface area contributed by atoms with Crippen LogP contribution in [0.15, 0.2) is 90.2 Å². The molecule has 3 aromatic carbocycles. The summed E-state index contributed by atoms with van der Waals surface area (Å²) in [6, 6.07) is 20.4. The Labute approximate surface area is 201 Å². The molecule has 0 aliphatic rings. The van der Waals surface area contributed by atoms with E-state index in [1.165, 1.54) is 22.8 Å². The van der Waals surface area contributed by atoms with Gasteiger partial charge in [0.25, 0.3) is 15.9 Å². The summed E-state index contributed by atoms with van der Waals surface area (Å²) in [6.07, 6.45) is 3.11. The highest BCUT2D eigenvalue weighted by Crippen LogP contribution is 2.37. The summed E-state index contributed by atoms with van der Waals surface area (Å²) in [5.74, 6) is 4.66. The zero-order valence-corrected chi connectivity index (χ0v) is 19.4. The third kappa shape index (κ3) is 4.18. The number of nitrogens with one attached hydrogen (secondary N) is 2. The third-order valence-corrected chi connectivity index (χ3v) is 7.09. The first-order valence-corrected chi connectivity index (χ1v) is 12.1. The van der Waals surface area contributed by atoms with Gasteiger partial charge < -0.3 is 10.3 Å². The Morgan fingerprint density at radius 1 is 1.00 bits per heavy atom. The molecule has 5 aromatic rings. The maximum atomic E-state index is 14.0. The fourth-order valence-corrected chi connectivity index (χ4v) is 5.27. The first-order valence-electron chi connectivity index (χ1n) is 10.6. The lowest BCUT2D eigenvalue weighted by atomic mass is 10.2. The van der Waals surface area contributed by atoms with Gasteiger partial charge in [0, 0.05) is 28.2 Å².